The van der Waals surface area contributed by atoms with Crippen LogP contribution in [0.1, 0.15) is 68.0 Å². The number of phenolic OH excluding ortho intramolecular Hbond substituents is 1. The number of aromatic nitrogens is 2. The highest BCUT2D eigenvalue weighted by atomic mass is 32.1. The third-order valence-corrected chi connectivity index (χ3v) is 4.69. The summed E-state index contributed by atoms with van der Waals surface area (Å²) >= 11 is 1.03. The van der Waals surface area contributed by atoms with Crippen LogP contribution in [0.15, 0.2) is 12.1 Å². The van der Waals surface area contributed by atoms with Crippen molar-refractivity contribution in [2.24, 2.45) is 5.73 Å². The summed E-state index contributed by atoms with van der Waals surface area (Å²) in [4.78, 5) is 12.9. The van der Waals surface area contributed by atoms with Crippen LogP contribution in [0.2, 0.25) is 0 Å². The van der Waals surface area contributed by atoms with Gasteiger partial charge in [-0.3, -0.25) is 10.2 Å². The Kier molecular flexibility index (Phi) is 5.10. The minimum Gasteiger partial charge on any atom is -0.507 e. The third-order valence-electron chi connectivity index (χ3n) is 3.85. The number of anilines is 1. The number of carbonyl (C=O) groups is 1. The van der Waals surface area contributed by atoms with Crippen LogP contribution in [0, 0.1) is 5.41 Å². The molecule has 0 spiro atoms. The van der Waals surface area contributed by atoms with Crippen LogP contribution in [0.4, 0.5) is 5.13 Å². The van der Waals surface area contributed by atoms with Gasteiger partial charge in [-0.2, -0.15) is 0 Å². The van der Waals surface area contributed by atoms with Gasteiger partial charge in [-0.25, -0.2) is 0 Å². The summed E-state index contributed by atoms with van der Waals surface area (Å²) in [5.41, 5.74) is 6.47. The van der Waals surface area contributed by atoms with E-state index < -0.39 is 0 Å². The number of phenols is 1. The van der Waals surface area contributed by atoms with Crippen LogP contribution in [0.3, 0.4) is 0 Å². The molecule has 26 heavy (non-hydrogen) atoms. The number of guanidine groups is 1. The largest absolute Gasteiger partial charge is 0.507 e. The van der Waals surface area contributed by atoms with Crippen molar-refractivity contribution in [1.82, 2.24) is 10.2 Å². The Morgan fingerprint density at radius 2 is 1.62 bits per heavy atom. The average Bonchev–Trinajstić information content (AvgIpc) is 2.91. The van der Waals surface area contributed by atoms with Gasteiger partial charge in [0, 0.05) is 16.7 Å². The lowest BCUT2D eigenvalue weighted by atomic mass is 9.78. The SMILES string of the molecule is CC(C)(C)c1cc(C(=O)c2nnc(NC(=N)N)s2)cc(C(C)(C)C)c1O. The van der Waals surface area contributed by atoms with E-state index in [0.29, 0.717) is 16.7 Å². The molecule has 0 radical (unpaired) electrons. The molecular weight excluding hydrogens is 350 g/mol. The van der Waals surface area contributed by atoms with E-state index in [1.165, 1.54) is 0 Å². The lowest BCUT2D eigenvalue weighted by Gasteiger charge is -2.27. The number of nitrogens with two attached hydrogens (primary N) is 1. The summed E-state index contributed by atoms with van der Waals surface area (Å²) in [7, 11) is 0. The van der Waals surface area contributed by atoms with Gasteiger partial charge in [0.1, 0.15) is 5.75 Å². The molecule has 140 valence electrons. The van der Waals surface area contributed by atoms with E-state index in [1.54, 1.807) is 12.1 Å². The van der Waals surface area contributed by atoms with E-state index in [2.05, 4.69) is 15.5 Å². The molecule has 0 unspecified atom stereocenters. The molecule has 0 atom stereocenters. The van der Waals surface area contributed by atoms with Crippen molar-refractivity contribution in [1.29, 1.82) is 5.41 Å². The van der Waals surface area contributed by atoms with Gasteiger partial charge < -0.3 is 16.2 Å². The van der Waals surface area contributed by atoms with E-state index >= 15 is 0 Å². The molecule has 0 bridgehead atoms. The van der Waals surface area contributed by atoms with Crippen LogP contribution >= 0.6 is 11.3 Å². The van der Waals surface area contributed by atoms with E-state index in [4.69, 9.17) is 11.1 Å². The molecule has 0 saturated carbocycles. The van der Waals surface area contributed by atoms with Crippen molar-refractivity contribution in [2.45, 2.75) is 52.4 Å². The number of carbonyl (C=O) groups excluding carboxylic acids is 1. The highest BCUT2D eigenvalue weighted by molar-refractivity contribution is 7.17. The van der Waals surface area contributed by atoms with E-state index in [1.807, 2.05) is 41.5 Å². The molecular formula is C18H25N5O2S. The van der Waals surface area contributed by atoms with Crippen molar-refractivity contribution in [3.05, 3.63) is 33.8 Å². The molecule has 5 N–H and O–H groups in total. The second-order valence-corrected chi connectivity index (χ2v) is 9.18. The normalized spacial score (nSPS) is 12.1. The van der Waals surface area contributed by atoms with Gasteiger partial charge in [-0.15, -0.1) is 10.2 Å². The van der Waals surface area contributed by atoms with Gasteiger partial charge in [0.2, 0.25) is 10.9 Å². The van der Waals surface area contributed by atoms with Crippen molar-refractivity contribution < 1.29 is 9.90 Å². The second kappa shape index (κ2) is 6.68. The molecule has 0 saturated heterocycles. The Hall–Kier alpha value is -2.48. The van der Waals surface area contributed by atoms with Crippen LogP contribution < -0.4 is 11.1 Å². The first-order valence-electron chi connectivity index (χ1n) is 8.18. The maximum Gasteiger partial charge on any atom is 0.223 e. The van der Waals surface area contributed by atoms with Crippen LogP contribution in [-0.4, -0.2) is 27.0 Å². The molecule has 0 aliphatic carbocycles. The van der Waals surface area contributed by atoms with Gasteiger partial charge in [-0.1, -0.05) is 52.9 Å². The smallest absolute Gasteiger partial charge is 0.223 e. The summed E-state index contributed by atoms with van der Waals surface area (Å²) < 4.78 is 0. The van der Waals surface area contributed by atoms with Gasteiger partial charge >= 0.3 is 0 Å². The second-order valence-electron chi connectivity index (χ2n) is 8.20. The summed E-state index contributed by atoms with van der Waals surface area (Å²) in [6.07, 6.45) is 0. The fourth-order valence-corrected chi connectivity index (χ4v) is 3.23. The van der Waals surface area contributed by atoms with E-state index in [0.717, 1.165) is 11.3 Å². The zero-order valence-corrected chi connectivity index (χ0v) is 16.7. The summed E-state index contributed by atoms with van der Waals surface area (Å²) in [6.45, 7) is 11.9. The number of ketones is 1. The van der Waals surface area contributed by atoms with E-state index in [9.17, 15) is 9.90 Å². The molecule has 1 aromatic carbocycles. The number of hydrogen-bond acceptors (Lipinski definition) is 6. The molecule has 7 nitrogen and oxygen atoms in total. The van der Waals surface area contributed by atoms with Crippen LogP contribution in [0.5, 0.6) is 5.75 Å². The minimum atomic E-state index is -0.331. The molecule has 0 amide bonds. The van der Waals surface area contributed by atoms with Gasteiger partial charge in [0.05, 0.1) is 0 Å². The number of benzene rings is 1. The summed E-state index contributed by atoms with van der Waals surface area (Å²) in [6, 6.07) is 3.43. The quantitative estimate of drug-likeness (QED) is 0.370. The Morgan fingerprint density at radius 1 is 1.12 bits per heavy atom. The minimum absolute atomic E-state index is 0.194. The highest BCUT2D eigenvalue weighted by Gasteiger charge is 2.28. The molecule has 2 rings (SSSR count). The first-order chi connectivity index (χ1) is 11.8. The third kappa shape index (κ3) is 4.19. The number of aromatic hydroxyl groups is 1. The zero-order valence-electron chi connectivity index (χ0n) is 15.9. The maximum atomic E-state index is 12.9. The molecule has 0 aliphatic heterocycles. The fraction of sp³-hybridized carbons (Fsp3) is 0.444. The number of nitrogens with one attached hydrogen (secondary N) is 2. The van der Waals surface area contributed by atoms with Crippen molar-refractivity contribution in [3.63, 3.8) is 0 Å². The summed E-state index contributed by atoms with van der Waals surface area (Å²) in [5.74, 6) is -0.331. The molecule has 1 aromatic heterocycles. The molecule has 2 aromatic rings. The van der Waals surface area contributed by atoms with Crippen LogP contribution in [-0.2, 0) is 10.8 Å². The van der Waals surface area contributed by atoms with Gasteiger partial charge in [0.15, 0.2) is 11.0 Å². The molecule has 1 heterocycles. The predicted molar refractivity (Wildman–Crippen MR) is 104 cm³/mol. The Balaban J connectivity index is 2.56. The van der Waals surface area contributed by atoms with Gasteiger partial charge in [-0.05, 0) is 23.0 Å². The lowest BCUT2D eigenvalue weighted by molar-refractivity contribution is 0.103. The summed E-state index contributed by atoms with van der Waals surface area (Å²) in [5, 5.41) is 28.7. The highest BCUT2D eigenvalue weighted by Crippen LogP contribution is 2.40. The Labute approximate surface area is 157 Å². The monoisotopic (exact) mass is 375 g/mol. The number of nitrogens with zero attached hydrogens (tertiary/aromatic N) is 2. The molecule has 0 fully saturated rings. The fourth-order valence-electron chi connectivity index (χ4n) is 2.51. The predicted octanol–water partition coefficient (Wildman–Crippen LogP) is 3.38. The lowest BCUT2D eigenvalue weighted by Crippen LogP contribution is -2.20. The molecule has 0 aliphatic rings. The molecule has 8 heteroatoms. The number of rotatable bonds is 3. The first kappa shape index (κ1) is 19.8. The Bertz CT molecular complexity index is 824. The zero-order chi connectivity index (χ0) is 19.9. The Morgan fingerprint density at radius 3 is 2.04 bits per heavy atom. The van der Waals surface area contributed by atoms with Crippen molar-refractivity contribution in [3.8, 4) is 5.75 Å². The van der Waals surface area contributed by atoms with Crippen molar-refractivity contribution >= 4 is 28.2 Å². The first-order valence-corrected chi connectivity index (χ1v) is 8.99. The van der Waals surface area contributed by atoms with Crippen molar-refractivity contribution in [2.75, 3.05) is 5.32 Å². The van der Waals surface area contributed by atoms with Gasteiger partial charge in [0.25, 0.3) is 0 Å². The van der Waals surface area contributed by atoms with E-state index in [-0.39, 0.29) is 38.5 Å². The number of hydrogen-bond donors (Lipinski definition) is 4. The van der Waals surface area contributed by atoms with Crippen LogP contribution in [0.25, 0.3) is 0 Å². The topological polar surface area (TPSA) is 125 Å². The maximum absolute atomic E-state index is 12.9. The standard InChI is InChI=1S/C18H25N5O2S/c1-17(2,3)10-7-9(8-11(13(10)25)18(4,5)6)12(24)14-22-23-16(26-14)21-15(19)20/h7-8,25H,1-6H3,(H4,19,20,21,23). The average molecular weight is 375 g/mol.